The van der Waals surface area contributed by atoms with Crippen LogP contribution in [0.3, 0.4) is 0 Å². The Bertz CT molecular complexity index is 1060. The molecule has 0 atom stereocenters. The molecule has 28 heavy (non-hydrogen) atoms. The lowest BCUT2D eigenvalue weighted by Gasteiger charge is -2.14. The van der Waals surface area contributed by atoms with E-state index in [9.17, 15) is 13.2 Å². The Morgan fingerprint density at radius 1 is 1.11 bits per heavy atom. The molecular weight excluding hydrogens is 384 g/mol. The topological polar surface area (TPSA) is 98.9 Å². The smallest absolute Gasteiger partial charge is 0.338 e. The monoisotopic (exact) mass is 402 g/mol. The SMILES string of the molecule is CON(C)S(=O)(=O)c1cccc(C(=O)OCc2cc(-c3ccccc3)on2)c1. The van der Waals surface area contributed by atoms with Crippen molar-refractivity contribution < 1.29 is 27.3 Å². The van der Waals surface area contributed by atoms with Gasteiger partial charge in [0.25, 0.3) is 10.0 Å². The maximum atomic E-state index is 12.3. The van der Waals surface area contributed by atoms with E-state index in [2.05, 4.69) is 5.16 Å². The normalized spacial score (nSPS) is 11.5. The lowest BCUT2D eigenvalue weighted by Crippen LogP contribution is -2.25. The van der Waals surface area contributed by atoms with E-state index in [1.54, 1.807) is 6.07 Å². The zero-order valence-electron chi connectivity index (χ0n) is 15.2. The van der Waals surface area contributed by atoms with Crippen LogP contribution in [0, 0.1) is 0 Å². The Hall–Kier alpha value is -3.01. The zero-order valence-corrected chi connectivity index (χ0v) is 16.0. The Balaban J connectivity index is 1.69. The van der Waals surface area contributed by atoms with Crippen molar-refractivity contribution in [2.45, 2.75) is 11.5 Å². The van der Waals surface area contributed by atoms with E-state index in [1.807, 2.05) is 30.3 Å². The summed E-state index contributed by atoms with van der Waals surface area (Å²) in [6.45, 7) is -0.107. The molecule has 0 bridgehead atoms. The van der Waals surface area contributed by atoms with E-state index >= 15 is 0 Å². The van der Waals surface area contributed by atoms with Gasteiger partial charge >= 0.3 is 5.97 Å². The van der Waals surface area contributed by atoms with E-state index in [1.165, 1.54) is 38.4 Å². The number of carbonyl (C=O) groups is 1. The third-order valence-electron chi connectivity index (χ3n) is 3.93. The van der Waals surface area contributed by atoms with Gasteiger partial charge in [0.2, 0.25) is 0 Å². The van der Waals surface area contributed by atoms with Crippen LogP contribution in [0.4, 0.5) is 0 Å². The molecule has 146 valence electrons. The molecule has 0 fully saturated rings. The molecule has 0 N–H and O–H groups in total. The Labute approximate surface area is 162 Å². The molecule has 0 radical (unpaired) electrons. The van der Waals surface area contributed by atoms with E-state index in [4.69, 9.17) is 14.1 Å². The molecule has 3 rings (SSSR count). The minimum Gasteiger partial charge on any atom is -0.455 e. The van der Waals surface area contributed by atoms with E-state index in [0.717, 1.165) is 5.56 Å². The van der Waals surface area contributed by atoms with Gasteiger partial charge in [-0.3, -0.25) is 4.84 Å². The first-order valence-electron chi connectivity index (χ1n) is 8.23. The highest BCUT2D eigenvalue weighted by Crippen LogP contribution is 2.21. The number of benzene rings is 2. The van der Waals surface area contributed by atoms with Gasteiger partial charge in [-0.05, 0) is 18.2 Å². The molecule has 0 saturated heterocycles. The maximum Gasteiger partial charge on any atom is 0.338 e. The third-order valence-corrected chi connectivity index (χ3v) is 5.61. The standard InChI is InChI=1S/C19H18N2O6S/c1-21(25-2)28(23,24)17-10-6-9-15(11-17)19(22)26-13-16-12-18(27-20-16)14-7-4-3-5-8-14/h3-12H,13H2,1-2H3. The second-order valence-corrected chi connectivity index (χ2v) is 7.69. The second kappa shape index (κ2) is 8.34. The van der Waals surface area contributed by atoms with Gasteiger partial charge in [-0.25, -0.2) is 13.2 Å². The molecule has 0 aliphatic heterocycles. The molecule has 1 aromatic heterocycles. The predicted octanol–water partition coefficient (Wildman–Crippen LogP) is 2.88. The van der Waals surface area contributed by atoms with E-state index in [0.29, 0.717) is 15.9 Å². The fourth-order valence-corrected chi connectivity index (χ4v) is 3.39. The summed E-state index contributed by atoms with van der Waals surface area (Å²) in [6.07, 6.45) is 0. The van der Waals surface area contributed by atoms with Gasteiger partial charge < -0.3 is 9.26 Å². The Kier molecular flexibility index (Phi) is 5.88. The third kappa shape index (κ3) is 4.28. The molecule has 0 saturated carbocycles. The Morgan fingerprint density at radius 3 is 2.57 bits per heavy atom. The summed E-state index contributed by atoms with van der Waals surface area (Å²) in [7, 11) is -1.37. The van der Waals surface area contributed by atoms with Crippen molar-refractivity contribution in [1.82, 2.24) is 9.63 Å². The van der Waals surface area contributed by atoms with Crippen molar-refractivity contribution in [3.05, 3.63) is 71.9 Å². The van der Waals surface area contributed by atoms with E-state index < -0.39 is 16.0 Å². The van der Waals surface area contributed by atoms with Crippen LogP contribution in [0.2, 0.25) is 0 Å². The summed E-state index contributed by atoms with van der Waals surface area (Å²) in [6, 6.07) is 16.6. The number of hydroxylamine groups is 1. The van der Waals surface area contributed by atoms with Crippen LogP contribution in [0.15, 0.2) is 70.1 Å². The number of hydrogen-bond acceptors (Lipinski definition) is 7. The summed E-state index contributed by atoms with van der Waals surface area (Å²) in [5, 5.41) is 3.88. The van der Waals surface area contributed by atoms with Crippen LogP contribution < -0.4 is 0 Å². The van der Waals surface area contributed by atoms with E-state index in [-0.39, 0.29) is 17.1 Å². The van der Waals surface area contributed by atoms with Gasteiger partial charge in [-0.15, -0.1) is 0 Å². The van der Waals surface area contributed by atoms with Crippen LogP contribution >= 0.6 is 0 Å². The number of esters is 1. The fourth-order valence-electron chi connectivity index (χ4n) is 2.37. The first-order chi connectivity index (χ1) is 13.4. The minimum absolute atomic E-state index is 0.0842. The highest BCUT2D eigenvalue weighted by molar-refractivity contribution is 7.89. The largest absolute Gasteiger partial charge is 0.455 e. The lowest BCUT2D eigenvalue weighted by atomic mass is 10.2. The first kappa shape index (κ1) is 19.7. The molecule has 8 nitrogen and oxygen atoms in total. The van der Waals surface area contributed by atoms with Gasteiger partial charge in [0.15, 0.2) is 5.76 Å². The van der Waals surface area contributed by atoms with Crippen LogP contribution in [-0.2, 0) is 26.2 Å². The molecule has 0 aliphatic carbocycles. The number of rotatable bonds is 7. The molecule has 1 heterocycles. The number of ether oxygens (including phenoxy) is 1. The van der Waals surface area contributed by atoms with Crippen molar-refractivity contribution in [1.29, 1.82) is 0 Å². The van der Waals surface area contributed by atoms with Crippen molar-refractivity contribution in [3.8, 4) is 11.3 Å². The van der Waals surface area contributed by atoms with Crippen molar-refractivity contribution in [2.75, 3.05) is 14.2 Å². The highest BCUT2D eigenvalue weighted by Gasteiger charge is 2.22. The van der Waals surface area contributed by atoms with Crippen LogP contribution in [0.25, 0.3) is 11.3 Å². The molecule has 3 aromatic rings. The zero-order chi connectivity index (χ0) is 20.1. The van der Waals surface area contributed by atoms with Crippen molar-refractivity contribution in [2.24, 2.45) is 0 Å². The number of nitrogens with zero attached hydrogens (tertiary/aromatic N) is 2. The fraction of sp³-hybridized carbons (Fsp3) is 0.158. The quantitative estimate of drug-likeness (QED) is 0.443. The first-order valence-corrected chi connectivity index (χ1v) is 9.67. The molecule has 0 unspecified atom stereocenters. The molecule has 0 aliphatic rings. The molecule has 2 aromatic carbocycles. The molecule has 0 amide bonds. The van der Waals surface area contributed by atoms with Gasteiger partial charge in [-0.1, -0.05) is 46.0 Å². The summed E-state index contributed by atoms with van der Waals surface area (Å²) >= 11 is 0. The predicted molar refractivity (Wildman–Crippen MR) is 99.5 cm³/mol. The molecule has 0 spiro atoms. The van der Waals surface area contributed by atoms with Crippen LogP contribution in [0.5, 0.6) is 0 Å². The van der Waals surface area contributed by atoms with Gasteiger partial charge in [0.1, 0.15) is 12.3 Å². The average molecular weight is 402 g/mol. The number of aromatic nitrogens is 1. The Morgan fingerprint density at radius 2 is 1.86 bits per heavy atom. The van der Waals surface area contributed by atoms with Crippen LogP contribution in [-0.4, -0.2) is 38.2 Å². The highest BCUT2D eigenvalue weighted by atomic mass is 32.2. The van der Waals surface area contributed by atoms with Crippen LogP contribution in [0.1, 0.15) is 16.1 Å². The van der Waals surface area contributed by atoms with Gasteiger partial charge in [0, 0.05) is 18.7 Å². The minimum atomic E-state index is -3.86. The number of hydrogen-bond donors (Lipinski definition) is 0. The van der Waals surface area contributed by atoms with Crippen molar-refractivity contribution >= 4 is 16.0 Å². The molecule has 9 heteroatoms. The maximum absolute atomic E-state index is 12.3. The van der Waals surface area contributed by atoms with Crippen molar-refractivity contribution in [3.63, 3.8) is 0 Å². The average Bonchev–Trinajstić information content (AvgIpc) is 3.21. The summed E-state index contributed by atoms with van der Waals surface area (Å²) in [5.74, 6) is -0.122. The van der Waals surface area contributed by atoms with Gasteiger partial charge in [-0.2, -0.15) is 0 Å². The number of carbonyl (C=O) groups excluding carboxylic acids is 1. The second-order valence-electron chi connectivity index (χ2n) is 5.75. The summed E-state index contributed by atoms with van der Waals surface area (Å²) < 4.78 is 35.7. The summed E-state index contributed by atoms with van der Waals surface area (Å²) in [4.78, 5) is 16.9. The lowest BCUT2D eigenvalue weighted by molar-refractivity contribution is -0.0258. The van der Waals surface area contributed by atoms with Gasteiger partial charge in [0.05, 0.1) is 17.6 Å². The molecular formula is C19H18N2O6S. The summed E-state index contributed by atoms with van der Waals surface area (Å²) in [5.41, 5.74) is 1.39. The number of sulfonamides is 1.